The number of aromatic nitrogens is 3. The van der Waals surface area contributed by atoms with Gasteiger partial charge in [0.2, 0.25) is 0 Å². The number of thioether (sulfide) groups is 1. The quantitative estimate of drug-likeness (QED) is 0.176. The first-order valence-electron chi connectivity index (χ1n) is 9.33. The molecule has 9 nitrogen and oxygen atoms in total. The summed E-state index contributed by atoms with van der Waals surface area (Å²) in [6.07, 6.45) is 1.56. The van der Waals surface area contributed by atoms with Crippen molar-refractivity contribution in [2.24, 2.45) is 12.1 Å². The Hall–Kier alpha value is -3.37. The highest BCUT2D eigenvalue weighted by Gasteiger charge is 2.14. The highest BCUT2D eigenvalue weighted by atomic mass is 35.5. The van der Waals surface area contributed by atoms with Crippen LogP contribution >= 0.6 is 23.4 Å². The van der Waals surface area contributed by atoms with E-state index in [9.17, 15) is 9.59 Å². The van der Waals surface area contributed by atoms with E-state index in [-0.39, 0.29) is 17.4 Å². The number of halogens is 1. The molecule has 0 saturated carbocycles. The zero-order valence-corrected chi connectivity index (χ0v) is 19.1. The zero-order valence-electron chi connectivity index (χ0n) is 17.5. The van der Waals surface area contributed by atoms with Crippen LogP contribution in [-0.4, -0.2) is 45.2 Å². The molecule has 1 N–H and O–H groups in total. The Morgan fingerprint density at radius 2 is 1.88 bits per heavy atom. The minimum Gasteiger partial charge on any atom is -0.493 e. The van der Waals surface area contributed by atoms with Gasteiger partial charge in [0.1, 0.15) is 6.33 Å². The van der Waals surface area contributed by atoms with Crippen molar-refractivity contribution in [2.75, 3.05) is 12.9 Å². The van der Waals surface area contributed by atoms with Gasteiger partial charge in [0.25, 0.3) is 5.91 Å². The monoisotopic (exact) mass is 473 g/mol. The van der Waals surface area contributed by atoms with Crippen LogP contribution in [0.5, 0.6) is 11.5 Å². The van der Waals surface area contributed by atoms with Crippen molar-refractivity contribution in [3.8, 4) is 11.5 Å². The summed E-state index contributed by atoms with van der Waals surface area (Å²) < 4.78 is 12.5. The molecule has 0 fully saturated rings. The molecule has 2 aromatic carbocycles. The molecule has 1 heterocycles. The van der Waals surface area contributed by atoms with Gasteiger partial charge >= 0.3 is 5.97 Å². The third-order valence-electron chi connectivity index (χ3n) is 4.21. The fourth-order valence-corrected chi connectivity index (χ4v) is 3.30. The Morgan fingerprint density at radius 1 is 1.16 bits per heavy atom. The minimum absolute atomic E-state index is 0.145. The molecule has 0 saturated heterocycles. The standard InChI is InChI=1S/C21H20ClN5O4S/c1-13(24-25-19(28)11-32-21-26-23-12-27(21)2)15-6-9-17(18(10-15)30-3)31-20(29)14-4-7-16(22)8-5-14/h4-10,12H,11H2,1-3H3,(H,25,28)/b24-13-. The number of carbonyl (C=O) groups excluding carboxylic acids is 2. The largest absolute Gasteiger partial charge is 0.493 e. The van der Waals surface area contributed by atoms with Gasteiger partial charge in [-0.3, -0.25) is 4.79 Å². The summed E-state index contributed by atoms with van der Waals surface area (Å²) in [5.74, 6) is -0.0630. The first-order valence-corrected chi connectivity index (χ1v) is 10.7. The number of esters is 1. The number of nitrogens with zero attached hydrogens (tertiary/aromatic N) is 4. The van der Waals surface area contributed by atoms with E-state index in [4.69, 9.17) is 21.1 Å². The molecule has 1 amide bonds. The lowest BCUT2D eigenvalue weighted by Gasteiger charge is -2.11. The van der Waals surface area contributed by atoms with Gasteiger partial charge < -0.3 is 14.0 Å². The summed E-state index contributed by atoms with van der Waals surface area (Å²) in [6.45, 7) is 1.74. The Labute approximate surface area is 193 Å². The van der Waals surface area contributed by atoms with Crippen LogP contribution in [0.15, 0.2) is 59.0 Å². The maximum absolute atomic E-state index is 12.4. The second kappa shape index (κ2) is 10.8. The van der Waals surface area contributed by atoms with Crippen LogP contribution < -0.4 is 14.9 Å². The van der Waals surface area contributed by atoms with E-state index in [2.05, 4.69) is 20.7 Å². The van der Waals surface area contributed by atoms with Crippen LogP contribution in [0.4, 0.5) is 0 Å². The number of hydrazone groups is 1. The van der Waals surface area contributed by atoms with Gasteiger partial charge in [0.15, 0.2) is 16.7 Å². The van der Waals surface area contributed by atoms with E-state index in [1.54, 1.807) is 67.3 Å². The van der Waals surface area contributed by atoms with Crippen LogP contribution in [0, 0.1) is 0 Å². The highest BCUT2D eigenvalue weighted by molar-refractivity contribution is 7.99. The fourth-order valence-electron chi connectivity index (χ4n) is 2.50. The lowest BCUT2D eigenvalue weighted by molar-refractivity contribution is -0.118. The normalized spacial score (nSPS) is 11.2. The SMILES string of the molecule is COc1cc(/C(C)=N\NC(=O)CSc2nncn2C)ccc1OC(=O)c1ccc(Cl)cc1. The molecule has 0 unspecified atom stereocenters. The van der Waals surface area contributed by atoms with E-state index >= 15 is 0 Å². The zero-order chi connectivity index (χ0) is 23.1. The van der Waals surface area contributed by atoms with Gasteiger partial charge in [-0.1, -0.05) is 23.4 Å². The van der Waals surface area contributed by atoms with Crippen LogP contribution in [0.2, 0.25) is 5.02 Å². The maximum Gasteiger partial charge on any atom is 0.343 e. The Bertz CT molecular complexity index is 1150. The van der Waals surface area contributed by atoms with Crippen LogP contribution in [0.25, 0.3) is 0 Å². The third kappa shape index (κ3) is 6.08. The van der Waals surface area contributed by atoms with E-state index in [0.717, 1.165) is 0 Å². The molecule has 0 aliphatic rings. The average molecular weight is 474 g/mol. The molecule has 32 heavy (non-hydrogen) atoms. The van der Waals surface area contributed by atoms with E-state index in [0.29, 0.717) is 32.8 Å². The van der Waals surface area contributed by atoms with Crippen molar-refractivity contribution in [2.45, 2.75) is 12.1 Å². The first kappa shape index (κ1) is 23.3. The summed E-state index contributed by atoms with van der Waals surface area (Å²) in [6, 6.07) is 11.4. The summed E-state index contributed by atoms with van der Waals surface area (Å²) in [5.41, 5.74) is 4.11. The predicted octanol–water partition coefficient (Wildman–Crippen LogP) is 3.33. The number of methoxy groups -OCH3 is 1. The number of carbonyl (C=O) groups is 2. The second-order valence-electron chi connectivity index (χ2n) is 6.51. The molecule has 0 atom stereocenters. The molecule has 166 valence electrons. The topological polar surface area (TPSA) is 108 Å². The van der Waals surface area contributed by atoms with Crippen molar-refractivity contribution < 1.29 is 19.1 Å². The van der Waals surface area contributed by atoms with E-state index < -0.39 is 5.97 Å². The molecule has 0 spiro atoms. The van der Waals surface area contributed by atoms with Crippen LogP contribution in [-0.2, 0) is 11.8 Å². The molecule has 3 rings (SSSR count). The summed E-state index contributed by atoms with van der Waals surface area (Å²) in [7, 11) is 3.27. The molecular formula is C21H20ClN5O4S. The van der Waals surface area contributed by atoms with Crippen molar-refractivity contribution in [1.82, 2.24) is 20.2 Å². The minimum atomic E-state index is -0.536. The number of hydrogen-bond acceptors (Lipinski definition) is 8. The Kier molecular flexibility index (Phi) is 7.85. The van der Waals surface area contributed by atoms with Gasteiger partial charge in [-0.2, -0.15) is 5.10 Å². The van der Waals surface area contributed by atoms with Gasteiger partial charge in [-0.05, 0) is 49.4 Å². The van der Waals surface area contributed by atoms with Gasteiger partial charge in [-0.25, -0.2) is 10.2 Å². The molecule has 0 radical (unpaired) electrons. The van der Waals surface area contributed by atoms with E-state index in [1.165, 1.54) is 18.9 Å². The third-order valence-corrected chi connectivity index (χ3v) is 5.50. The number of rotatable bonds is 8. The average Bonchev–Trinajstić information content (AvgIpc) is 3.21. The summed E-state index contributed by atoms with van der Waals surface area (Å²) >= 11 is 7.10. The predicted molar refractivity (Wildman–Crippen MR) is 121 cm³/mol. The van der Waals surface area contributed by atoms with Crippen molar-refractivity contribution in [3.05, 3.63) is 64.9 Å². The van der Waals surface area contributed by atoms with Gasteiger partial charge in [-0.15, -0.1) is 10.2 Å². The van der Waals surface area contributed by atoms with Crippen LogP contribution in [0.1, 0.15) is 22.8 Å². The lowest BCUT2D eigenvalue weighted by atomic mass is 10.1. The highest BCUT2D eigenvalue weighted by Crippen LogP contribution is 2.29. The molecule has 1 aromatic heterocycles. The first-order chi connectivity index (χ1) is 15.4. The molecular weight excluding hydrogens is 454 g/mol. The van der Waals surface area contributed by atoms with Gasteiger partial charge in [0.05, 0.1) is 24.1 Å². The molecule has 3 aromatic rings. The van der Waals surface area contributed by atoms with Gasteiger partial charge in [0, 0.05) is 17.6 Å². The number of aryl methyl sites for hydroxylation is 1. The Balaban J connectivity index is 1.63. The lowest BCUT2D eigenvalue weighted by Crippen LogP contribution is -2.21. The van der Waals surface area contributed by atoms with Crippen molar-refractivity contribution in [3.63, 3.8) is 0 Å². The number of amides is 1. The maximum atomic E-state index is 12.4. The van der Waals surface area contributed by atoms with Crippen molar-refractivity contribution >= 4 is 41.0 Å². The molecule has 11 heteroatoms. The fraction of sp³-hybridized carbons (Fsp3) is 0.190. The number of hydrogen-bond donors (Lipinski definition) is 1. The van der Waals surface area contributed by atoms with Crippen LogP contribution in [0.3, 0.4) is 0 Å². The Morgan fingerprint density at radius 3 is 2.53 bits per heavy atom. The van der Waals surface area contributed by atoms with E-state index in [1.807, 2.05) is 0 Å². The molecule has 0 bridgehead atoms. The smallest absolute Gasteiger partial charge is 0.343 e. The summed E-state index contributed by atoms with van der Waals surface area (Å²) in [5, 5.41) is 12.9. The summed E-state index contributed by atoms with van der Waals surface area (Å²) in [4.78, 5) is 24.4. The molecule has 0 aliphatic carbocycles. The molecule has 0 aliphatic heterocycles. The number of nitrogens with one attached hydrogen (secondary N) is 1. The van der Waals surface area contributed by atoms with Crippen molar-refractivity contribution in [1.29, 1.82) is 0 Å². The second-order valence-corrected chi connectivity index (χ2v) is 7.89. The number of benzene rings is 2. The number of ether oxygens (including phenoxy) is 2.